The van der Waals surface area contributed by atoms with Gasteiger partial charge in [0.05, 0.1) is 6.10 Å². The van der Waals surface area contributed by atoms with Gasteiger partial charge in [0.2, 0.25) is 0 Å². The molecule has 2 aliphatic heterocycles. The van der Waals surface area contributed by atoms with Crippen LogP contribution in [0.15, 0.2) is 16.5 Å². The van der Waals surface area contributed by atoms with Crippen molar-refractivity contribution < 1.29 is 13.9 Å². The van der Waals surface area contributed by atoms with Crippen molar-refractivity contribution in [3.05, 3.63) is 23.1 Å². The van der Waals surface area contributed by atoms with Crippen LogP contribution in [-0.4, -0.2) is 61.1 Å². The van der Waals surface area contributed by atoms with Gasteiger partial charge in [-0.05, 0) is 49.5 Å². The van der Waals surface area contributed by atoms with Crippen LogP contribution in [-0.2, 0) is 4.74 Å². The average Bonchev–Trinajstić information content (AvgIpc) is 3.07. The number of hydrogen-bond donors (Lipinski definition) is 0. The Kier molecular flexibility index (Phi) is 4.83. The van der Waals surface area contributed by atoms with Crippen molar-refractivity contribution in [2.45, 2.75) is 25.4 Å². The predicted octanol–water partition coefficient (Wildman–Crippen LogP) is 2.26. The molecule has 2 aliphatic rings. The zero-order valence-electron chi connectivity index (χ0n) is 12.1. The van der Waals surface area contributed by atoms with E-state index in [-0.39, 0.29) is 11.1 Å². The Labute approximate surface area is 129 Å². The van der Waals surface area contributed by atoms with E-state index in [9.17, 15) is 4.79 Å². The number of carbonyl (C=O) groups excluding carboxylic acids is 1. The third-order valence-electron chi connectivity index (χ3n) is 4.15. The van der Waals surface area contributed by atoms with E-state index < -0.39 is 0 Å². The van der Waals surface area contributed by atoms with Crippen LogP contribution in [0.1, 0.15) is 29.8 Å². The fourth-order valence-electron chi connectivity index (χ4n) is 3.02. The van der Waals surface area contributed by atoms with E-state index in [1.807, 2.05) is 4.90 Å². The number of amides is 1. The van der Waals surface area contributed by atoms with E-state index in [4.69, 9.17) is 20.8 Å². The standard InChI is InChI=1S/C15H21ClN2O3/c16-14-5-4-13(21-14)15(19)18-7-2-6-17(8-9-18)11-12-3-1-10-20-12/h4-5,12H,1-3,6-11H2/t12-/m1/s1. The highest BCUT2D eigenvalue weighted by atomic mass is 35.5. The van der Waals surface area contributed by atoms with Crippen molar-refractivity contribution in [1.29, 1.82) is 0 Å². The topological polar surface area (TPSA) is 45.9 Å². The molecule has 0 unspecified atom stereocenters. The zero-order valence-corrected chi connectivity index (χ0v) is 12.8. The van der Waals surface area contributed by atoms with Crippen LogP contribution in [0.25, 0.3) is 0 Å². The Hall–Kier alpha value is -1.04. The average molecular weight is 313 g/mol. The number of halogens is 1. The monoisotopic (exact) mass is 312 g/mol. The molecule has 1 aromatic rings. The van der Waals surface area contributed by atoms with Crippen molar-refractivity contribution >= 4 is 17.5 Å². The van der Waals surface area contributed by atoms with Crippen molar-refractivity contribution in [1.82, 2.24) is 9.80 Å². The molecule has 6 heteroatoms. The summed E-state index contributed by atoms with van der Waals surface area (Å²) in [6.45, 7) is 5.27. The summed E-state index contributed by atoms with van der Waals surface area (Å²) < 4.78 is 10.9. The van der Waals surface area contributed by atoms with E-state index in [2.05, 4.69) is 4.90 Å². The lowest BCUT2D eigenvalue weighted by Crippen LogP contribution is -2.37. The lowest BCUT2D eigenvalue weighted by atomic mass is 10.2. The highest BCUT2D eigenvalue weighted by Gasteiger charge is 2.25. The highest BCUT2D eigenvalue weighted by Crippen LogP contribution is 2.17. The molecule has 0 N–H and O–H groups in total. The summed E-state index contributed by atoms with van der Waals surface area (Å²) in [5.41, 5.74) is 0. The molecular weight excluding hydrogens is 292 g/mol. The highest BCUT2D eigenvalue weighted by molar-refractivity contribution is 6.29. The molecule has 21 heavy (non-hydrogen) atoms. The first kappa shape index (κ1) is 14.9. The number of hydrogen-bond acceptors (Lipinski definition) is 4. The molecule has 1 amide bonds. The van der Waals surface area contributed by atoms with Crippen LogP contribution in [0, 0.1) is 0 Å². The summed E-state index contributed by atoms with van der Waals surface area (Å²) in [5.74, 6) is 0.258. The molecule has 2 saturated heterocycles. The third-order valence-corrected chi connectivity index (χ3v) is 4.35. The Morgan fingerprint density at radius 2 is 2.14 bits per heavy atom. The molecule has 0 spiro atoms. The molecule has 5 nitrogen and oxygen atoms in total. The molecule has 0 aromatic carbocycles. The van der Waals surface area contributed by atoms with Gasteiger partial charge >= 0.3 is 0 Å². The van der Waals surface area contributed by atoms with Crippen LogP contribution in [0.4, 0.5) is 0 Å². The van der Waals surface area contributed by atoms with Crippen LogP contribution >= 0.6 is 11.6 Å². The number of furan rings is 1. The molecule has 3 rings (SSSR count). The van der Waals surface area contributed by atoms with Crippen molar-refractivity contribution in [3.8, 4) is 0 Å². The van der Waals surface area contributed by atoms with Gasteiger partial charge in [0.15, 0.2) is 11.0 Å². The summed E-state index contributed by atoms with van der Waals surface area (Å²) in [6.07, 6.45) is 3.68. The minimum absolute atomic E-state index is 0.0686. The normalized spacial score (nSPS) is 24.2. The SMILES string of the molecule is O=C(c1ccc(Cl)o1)N1CCCN(C[C@H]2CCCO2)CC1. The second kappa shape index (κ2) is 6.81. The van der Waals surface area contributed by atoms with Crippen LogP contribution in [0.2, 0.25) is 5.22 Å². The zero-order chi connectivity index (χ0) is 14.7. The quantitative estimate of drug-likeness (QED) is 0.859. The lowest BCUT2D eigenvalue weighted by molar-refractivity contribution is 0.0687. The maximum absolute atomic E-state index is 12.3. The van der Waals surface area contributed by atoms with Gasteiger partial charge in [-0.3, -0.25) is 9.69 Å². The molecule has 0 saturated carbocycles. The van der Waals surface area contributed by atoms with Crippen molar-refractivity contribution in [2.24, 2.45) is 0 Å². The molecule has 1 aromatic heterocycles. The maximum atomic E-state index is 12.3. The van der Waals surface area contributed by atoms with E-state index in [1.54, 1.807) is 12.1 Å². The van der Waals surface area contributed by atoms with Gasteiger partial charge in [-0.25, -0.2) is 0 Å². The molecule has 0 bridgehead atoms. The minimum Gasteiger partial charge on any atom is -0.440 e. The molecule has 3 heterocycles. The van der Waals surface area contributed by atoms with E-state index in [1.165, 1.54) is 6.42 Å². The summed E-state index contributed by atoms with van der Waals surface area (Å²) >= 11 is 5.73. The lowest BCUT2D eigenvalue weighted by Gasteiger charge is -2.23. The number of ether oxygens (including phenoxy) is 1. The summed E-state index contributed by atoms with van der Waals surface area (Å²) in [4.78, 5) is 16.6. The van der Waals surface area contributed by atoms with E-state index in [0.717, 1.165) is 52.2 Å². The molecule has 1 atom stereocenters. The Morgan fingerprint density at radius 1 is 1.24 bits per heavy atom. The maximum Gasteiger partial charge on any atom is 0.289 e. The summed E-state index contributed by atoms with van der Waals surface area (Å²) in [5, 5.41) is 0.258. The molecule has 0 aliphatic carbocycles. The van der Waals surface area contributed by atoms with Gasteiger partial charge < -0.3 is 14.1 Å². The fourth-order valence-corrected chi connectivity index (χ4v) is 3.16. The van der Waals surface area contributed by atoms with Crippen LogP contribution in [0.3, 0.4) is 0 Å². The number of nitrogens with zero attached hydrogens (tertiary/aromatic N) is 2. The summed E-state index contributed by atoms with van der Waals surface area (Å²) in [6, 6.07) is 3.25. The molecule has 116 valence electrons. The third kappa shape index (κ3) is 3.78. The van der Waals surface area contributed by atoms with Gasteiger partial charge in [0.25, 0.3) is 5.91 Å². The first-order chi connectivity index (χ1) is 10.2. The van der Waals surface area contributed by atoms with Crippen molar-refractivity contribution in [3.63, 3.8) is 0 Å². The van der Waals surface area contributed by atoms with Gasteiger partial charge in [-0.1, -0.05) is 0 Å². The number of rotatable bonds is 3. The number of carbonyl (C=O) groups is 1. The van der Waals surface area contributed by atoms with Gasteiger partial charge in [-0.15, -0.1) is 0 Å². The fraction of sp³-hybridized carbons (Fsp3) is 0.667. The van der Waals surface area contributed by atoms with E-state index in [0.29, 0.717) is 11.9 Å². The second-order valence-electron chi connectivity index (χ2n) is 5.69. The first-order valence-corrected chi connectivity index (χ1v) is 7.99. The second-order valence-corrected chi connectivity index (χ2v) is 6.06. The summed E-state index contributed by atoms with van der Waals surface area (Å²) in [7, 11) is 0. The predicted molar refractivity (Wildman–Crippen MR) is 79.7 cm³/mol. The first-order valence-electron chi connectivity index (χ1n) is 7.61. The Balaban J connectivity index is 1.53. The largest absolute Gasteiger partial charge is 0.440 e. The van der Waals surface area contributed by atoms with Gasteiger partial charge in [0, 0.05) is 32.8 Å². The van der Waals surface area contributed by atoms with Gasteiger partial charge in [-0.2, -0.15) is 0 Å². The van der Waals surface area contributed by atoms with Gasteiger partial charge in [0.1, 0.15) is 0 Å². The molecular formula is C15H21ClN2O3. The Bertz CT molecular complexity index is 485. The van der Waals surface area contributed by atoms with Crippen molar-refractivity contribution in [2.75, 3.05) is 39.3 Å². The molecule has 0 radical (unpaired) electrons. The van der Waals surface area contributed by atoms with Crippen LogP contribution in [0.5, 0.6) is 0 Å². The smallest absolute Gasteiger partial charge is 0.289 e. The van der Waals surface area contributed by atoms with E-state index >= 15 is 0 Å². The minimum atomic E-state index is -0.0686. The Morgan fingerprint density at radius 3 is 2.86 bits per heavy atom. The molecule has 2 fully saturated rings. The van der Waals surface area contributed by atoms with Crippen LogP contribution < -0.4 is 0 Å².